The zero-order valence-corrected chi connectivity index (χ0v) is 10.3. The van der Waals surface area contributed by atoms with Gasteiger partial charge in [-0.15, -0.1) is 5.10 Å². The Morgan fingerprint density at radius 1 is 1.33 bits per heavy atom. The van der Waals surface area contributed by atoms with E-state index in [1.54, 1.807) is 0 Å². The monoisotopic (exact) mass is 282 g/mol. The van der Waals surface area contributed by atoms with E-state index < -0.39 is 18.8 Å². The summed E-state index contributed by atoms with van der Waals surface area (Å²) in [7, 11) is 0. The summed E-state index contributed by atoms with van der Waals surface area (Å²) in [6.45, 7) is -1.20. The second-order valence-corrected chi connectivity index (χ2v) is 5.45. The molecule has 1 aromatic heterocycles. The summed E-state index contributed by atoms with van der Waals surface area (Å²) in [5.74, 6) is 0. The highest BCUT2D eigenvalue weighted by Gasteiger charge is 2.32. The first kappa shape index (κ1) is 13.6. The van der Waals surface area contributed by atoms with Gasteiger partial charge in [-0.3, -0.25) is 0 Å². The maximum absolute atomic E-state index is 12.3. The van der Waals surface area contributed by atoms with Gasteiger partial charge in [-0.25, -0.2) is 4.68 Å². The molecule has 9 heteroatoms. The van der Waals surface area contributed by atoms with Gasteiger partial charge in [0, 0.05) is 5.25 Å². The van der Waals surface area contributed by atoms with Crippen LogP contribution < -0.4 is 0 Å². The van der Waals surface area contributed by atoms with Crippen molar-refractivity contribution >= 4 is 11.8 Å². The van der Waals surface area contributed by atoms with Crippen molar-refractivity contribution in [2.24, 2.45) is 0 Å². The summed E-state index contributed by atoms with van der Waals surface area (Å²) in [4.78, 5) is 0. The van der Waals surface area contributed by atoms with E-state index in [9.17, 15) is 18.3 Å². The van der Waals surface area contributed by atoms with Gasteiger partial charge in [0.25, 0.3) is 0 Å². The summed E-state index contributed by atoms with van der Waals surface area (Å²) in [6.07, 6.45) is -1.49. The lowest BCUT2D eigenvalue weighted by Crippen LogP contribution is -2.27. The van der Waals surface area contributed by atoms with Gasteiger partial charge in [-0.05, 0) is 23.3 Å². The number of aliphatic hydroxyl groups excluding tert-OH is 1. The van der Waals surface area contributed by atoms with Crippen LogP contribution in [0.15, 0.2) is 5.16 Å². The number of tetrazole rings is 1. The standard InChI is InChI=1S/C9H13F3N4OS/c10-9(11,12)5-16-8(13-14-15-16)18-7-4-2-1-3-6(7)17/h6-7,17H,1-5H2. The number of hydrogen-bond acceptors (Lipinski definition) is 5. The fourth-order valence-corrected chi connectivity index (χ4v) is 3.05. The Morgan fingerprint density at radius 2 is 2.06 bits per heavy atom. The van der Waals surface area contributed by atoms with Crippen LogP contribution in [0.2, 0.25) is 0 Å². The second-order valence-electron chi connectivity index (χ2n) is 4.24. The van der Waals surface area contributed by atoms with E-state index in [2.05, 4.69) is 15.5 Å². The highest BCUT2D eigenvalue weighted by molar-refractivity contribution is 7.99. The molecule has 0 aromatic carbocycles. The fourth-order valence-electron chi connectivity index (χ4n) is 1.90. The number of alkyl halides is 3. The molecule has 5 nitrogen and oxygen atoms in total. The molecule has 0 spiro atoms. The Bertz CT molecular complexity index is 397. The Balaban J connectivity index is 2.03. The first-order valence-corrected chi connectivity index (χ1v) is 6.51. The number of hydrogen-bond donors (Lipinski definition) is 1. The number of nitrogens with zero attached hydrogens (tertiary/aromatic N) is 4. The summed E-state index contributed by atoms with van der Waals surface area (Å²) >= 11 is 1.12. The molecule has 0 radical (unpaired) electrons. The number of halogens is 3. The molecule has 102 valence electrons. The van der Waals surface area contributed by atoms with Crippen molar-refractivity contribution in [2.75, 3.05) is 0 Å². The zero-order chi connectivity index (χ0) is 13.2. The minimum absolute atomic E-state index is 0.110. The normalized spacial score (nSPS) is 25.3. The molecule has 2 unspecified atom stereocenters. The Labute approximate surface area is 106 Å². The summed E-state index contributed by atoms with van der Waals surface area (Å²) in [5.41, 5.74) is 0. The van der Waals surface area contributed by atoms with Gasteiger partial charge in [0.1, 0.15) is 6.54 Å². The topological polar surface area (TPSA) is 63.8 Å². The van der Waals surface area contributed by atoms with Crippen molar-refractivity contribution in [2.45, 2.75) is 54.9 Å². The van der Waals surface area contributed by atoms with Gasteiger partial charge in [0.15, 0.2) is 0 Å². The minimum Gasteiger partial charge on any atom is -0.392 e. The molecular weight excluding hydrogens is 269 g/mol. The van der Waals surface area contributed by atoms with E-state index in [1.807, 2.05) is 0 Å². The van der Waals surface area contributed by atoms with Gasteiger partial charge in [0.2, 0.25) is 5.16 Å². The predicted octanol–water partition coefficient (Wildman–Crippen LogP) is 1.63. The first-order valence-electron chi connectivity index (χ1n) is 5.63. The predicted molar refractivity (Wildman–Crippen MR) is 58.0 cm³/mol. The van der Waals surface area contributed by atoms with E-state index >= 15 is 0 Å². The SMILES string of the molecule is OC1CCCCC1Sc1nnnn1CC(F)(F)F. The summed E-state index contributed by atoms with van der Waals surface area (Å²) < 4.78 is 37.6. The van der Waals surface area contributed by atoms with Crippen molar-refractivity contribution in [1.82, 2.24) is 20.2 Å². The van der Waals surface area contributed by atoms with Crippen LogP contribution in [0.1, 0.15) is 25.7 Å². The number of thioether (sulfide) groups is 1. The van der Waals surface area contributed by atoms with E-state index in [0.29, 0.717) is 6.42 Å². The third kappa shape index (κ3) is 3.58. The van der Waals surface area contributed by atoms with E-state index in [4.69, 9.17) is 0 Å². The zero-order valence-electron chi connectivity index (χ0n) is 9.47. The van der Waals surface area contributed by atoms with E-state index in [-0.39, 0.29) is 10.4 Å². The quantitative estimate of drug-likeness (QED) is 0.913. The molecule has 1 aliphatic carbocycles. The minimum atomic E-state index is -4.35. The van der Waals surface area contributed by atoms with Crippen molar-refractivity contribution in [3.05, 3.63) is 0 Å². The van der Waals surface area contributed by atoms with Crippen LogP contribution in [-0.4, -0.2) is 42.8 Å². The number of aliphatic hydroxyl groups is 1. The van der Waals surface area contributed by atoms with Gasteiger partial charge in [-0.1, -0.05) is 24.6 Å². The van der Waals surface area contributed by atoms with Gasteiger partial charge < -0.3 is 5.11 Å². The average Bonchev–Trinajstić information content (AvgIpc) is 2.67. The molecule has 0 bridgehead atoms. The van der Waals surface area contributed by atoms with Crippen molar-refractivity contribution in [3.63, 3.8) is 0 Å². The maximum atomic E-state index is 12.3. The van der Waals surface area contributed by atoms with Gasteiger partial charge in [0.05, 0.1) is 6.10 Å². The van der Waals surface area contributed by atoms with Crippen molar-refractivity contribution in [1.29, 1.82) is 0 Å². The molecule has 0 saturated heterocycles. The lowest BCUT2D eigenvalue weighted by Gasteiger charge is -2.26. The Hall–Kier alpha value is -0.830. The molecule has 0 aliphatic heterocycles. The molecule has 18 heavy (non-hydrogen) atoms. The average molecular weight is 282 g/mol. The molecule has 2 atom stereocenters. The summed E-state index contributed by atoms with van der Waals surface area (Å²) in [5, 5.41) is 19.9. The Kier molecular flexibility index (Phi) is 4.10. The molecule has 1 fully saturated rings. The molecular formula is C9H13F3N4OS. The third-order valence-electron chi connectivity index (χ3n) is 2.75. The largest absolute Gasteiger partial charge is 0.408 e. The van der Waals surface area contributed by atoms with Crippen molar-refractivity contribution in [3.8, 4) is 0 Å². The van der Waals surface area contributed by atoms with Crippen LogP contribution in [0.4, 0.5) is 13.2 Å². The van der Waals surface area contributed by atoms with Gasteiger partial charge >= 0.3 is 6.18 Å². The van der Waals surface area contributed by atoms with Crippen LogP contribution in [0.25, 0.3) is 0 Å². The van der Waals surface area contributed by atoms with Crippen LogP contribution >= 0.6 is 11.8 Å². The fraction of sp³-hybridized carbons (Fsp3) is 0.889. The van der Waals surface area contributed by atoms with Crippen molar-refractivity contribution < 1.29 is 18.3 Å². The lowest BCUT2D eigenvalue weighted by atomic mass is 9.97. The maximum Gasteiger partial charge on any atom is 0.408 e. The molecule has 1 N–H and O–H groups in total. The molecule has 1 aliphatic rings. The number of aromatic nitrogens is 4. The molecule has 2 rings (SSSR count). The van der Waals surface area contributed by atoms with E-state index in [1.165, 1.54) is 0 Å². The highest BCUT2D eigenvalue weighted by Crippen LogP contribution is 2.33. The lowest BCUT2D eigenvalue weighted by molar-refractivity contribution is -0.144. The molecule has 1 saturated carbocycles. The van der Waals surface area contributed by atoms with E-state index in [0.717, 1.165) is 35.7 Å². The van der Waals surface area contributed by atoms with Gasteiger partial charge in [-0.2, -0.15) is 13.2 Å². The second kappa shape index (κ2) is 5.43. The smallest absolute Gasteiger partial charge is 0.392 e. The van der Waals surface area contributed by atoms with Crippen LogP contribution in [0.3, 0.4) is 0 Å². The first-order chi connectivity index (χ1) is 8.46. The molecule has 1 aromatic rings. The molecule has 0 amide bonds. The summed E-state index contributed by atoms with van der Waals surface area (Å²) in [6, 6.07) is 0. The highest BCUT2D eigenvalue weighted by atomic mass is 32.2. The number of rotatable bonds is 3. The third-order valence-corrected chi connectivity index (χ3v) is 4.11. The molecule has 1 heterocycles. The Morgan fingerprint density at radius 3 is 2.72 bits per heavy atom. The van der Waals surface area contributed by atoms with Crippen LogP contribution in [0.5, 0.6) is 0 Å². The van der Waals surface area contributed by atoms with Crippen LogP contribution in [0, 0.1) is 0 Å². The van der Waals surface area contributed by atoms with Crippen LogP contribution in [-0.2, 0) is 6.54 Å².